The van der Waals surface area contributed by atoms with E-state index in [2.05, 4.69) is 22.0 Å². The number of nitrogens with zero attached hydrogens (tertiary/aromatic N) is 1. The van der Waals surface area contributed by atoms with Crippen LogP contribution in [0.15, 0.2) is 28.7 Å². The lowest BCUT2D eigenvalue weighted by atomic mass is 10.1. The summed E-state index contributed by atoms with van der Waals surface area (Å²) in [7, 11) is 0. The van der Waals surface area contributed by atoms with E-state index in [1.807, 2.05) is 18.2 Å². The first-order chi connectivity index (χ1) is 9.16. The summed E-state index contributed by atoms with van der Waals surface area (Å²) in [6.45, 7) is 1.30. The molecule has 0 spiro atoms. The van der Waals surface area contributed by atoms with Gasteiger partial charge in [-0.3, -0.25) is 4.79 Å². The van der Waals surface area contributed by atoms with Gasteiger partial charge >= 0.3 is 0 Å². The molecular weight excluding hydrogens is 306 g/mol. The fraction of sp³-hybridized carbons (Fsp3) is 0.533. The molecule has 1 atom stereocenters. The Morgan fingerprint density at radius 2 is 2.21 bits per heavy atom. The van der Waals surface area contributed by atoms with Crippen LogP contribution in [0.1, 0.15) is 31.2 Å². The lowest BCUT2D eigenvalue weighted by Crippen LogP contribution is -2.42. The van der Waals surface area contributed by atoms with Crippen LogP contribution in [0, 0.1) is 0 Å². The van der Waals surface area contributed by atoms with E-state index in [-0.39, 0.29) is 12.0 Å². The van der Waals surface area contributed by atoms with Crippen molar-refractivity contribution in [3.63, 3.8) is 0 Å². The van der Waals surface area contributed by atoms with Crippen molar-refractivity contribution in [3.05, 3.63) is 34.3 Å². The zero-order chi connectivity index (χ0) is 13.7. The number of aliphatic hydroxyl groups is 1. The molecule has 1 saturated heterocycles. The minimum atomic E-state index is -0.332. The van der Waals surface area contributed by atoms with Crippen LogP contribution in [0.4, 0.5) is 0 Å². The summed E-state index contributed by atoms with van der Waals surface area (Å²) in [5.41, 5.74) is 1.24. The second-order valence-electron chi connectivity index (χ2n) is 5.08. The third kappa shape index (κ3) is 4.32. The molecule has 0 bridgehead atoms. The zero-order valence-corrected chi connectivity index (χ0v) is 12.6. The molecule has 19 heavy (non-hydrogen) atoms. The highest BCUT2D eigenvalue weighted by Crippen LogP contribution is 2.18. The van der Waals surface area contributed by atoms with Crippen molar-refractivity contribution in [2.45, 2.75) is 38.2 Å². The highest BCUT2D eigenvalue weighted by molar-refractivity contribution is 9.10. The number of aryl methyl sites for hydroxylation is 1. The molecule has 1 aromatic carbocycles. The Morgan fingerprint density at radius 1 is 1.42 bits per heavy atom. The Balaban J connectivity index is 1.76. The van der Waals surface area contributed by atoms with Gasteiger partial charge in [-0.1, -0.05) is 34.1 Å². The number of benzene rings is 1. The molecule has 1 unspecified atom stereocenters. The van der Waals surface area contributed by atoms with Gasteiger partial charge in [-0.05, 0) is 37.3 Å². The molecular formula is C15H20BrNO2. The number of rotatable bonds is 4. The van der Waals surface area contributed by atoms with E-state index in [1.54, 1.807) is 4.90 Å². The molecule has 1 aliphatic rings. The summed E-state index contributed by atoms with van der Waals surface area (Å²) < 4.78 is 1.11. The van der Waals surface area contributed by atoms with E-state index >= 15 is 0 Å². The fourth-order valence-corrected chi connectivity index (χ4v) is 2.95. The molecule has 0 aliphatic carbocycles. The maximum atomic E-state index is 12.0. The SMILES string of the molecule is O=C(CCCc1ccccc1Br)N1CCCC(O)C1. The van der Waals surface area contributed by atoms with Crippen LogP contribution >= 0.6 is 15.9 Å². The van der Waals surface area contributed by atoms with Gasteiger partial charge in [0.2, 0.25) is 5.91 Å². The first kappa shape index (κ1) is 14.5. The van der Waals surface area contributed by atoms with Crippen molar-refractivity contribution in [2.75, 3.05) is 13.1 Å². The molecule has 0 aromatic heterocycles. The Bertz CT molecular complexity index is 436. The second kappa shape index (κ2) is 7.06. The number of carbonyl (C=O) groups excluding carboxylic acids is 1. The Labute approximate surface area is 122 Å². The van der Waals surface area contributed by atoms with E-state index in [4.69, 9.17) is 0 Å². The van der Waals surface area contributed by atoms with Crippen molar-refractivity contribution in [1.82, 2.24) is 4.90 Å². The molecule has 104 valence electrons. The molecule has 1 aromatic rings. The van der Waals surface area contributed by atoms with E-state index in [0.717, 1.165) is 36.7 Å². The van der Waals surface area contributed by atoms with Gasteiger partial charge in [0.25, 0.3) is 0 Å². The number of aliphatic hydroxyl groups excluding tert-OH is 1. The second-order valence-corrected chi connectivity index (χ2v) is 5.94. The Kier molecular flexibility index (Phi) is 5.40. The Hall–Kier alpha value is -0.870. The fourth-order valence-electron chi connectivity index (χ4n) is 2.47. The lowest BCUT2D eigenvalue weighted by Gasteiger charge is -2.30. The Morgan fingerprint density at radius 3 is 2.95 bits per heavy atom. The van der Waals surface area contributed by atoms with Gasteiger partial charge in [0.15, 0.2) is 0 Å². The molecule has 1 N–H and O–H groups in total. The quantitative estimate of drug-likeness (QED) is 0.924. The first-order valence-corrected chi connectivity index (χ1v) is 7.65. The van der Waals surface area contributed by atoms with Gasteiger partial charge in [-0.25, -0.2) is 0 Å². The maximum Gasteiger partial charge on any atom is 0.222 e. The van der Waals surface area contributed by atoms with Crippen molar-refractivity contribution >= 4 is 21.8 Å². The topological polar surface area (TPSA) is 40.5 Å². The molecule has 4 heteroatoms. The predicted molar refractivity (Wildman–Crippen MR) is 78.9 cm³/mol. The molecule has 0 saturated carbocycles. The highest BCUT2D eigenvalue weighted by atomic mass is 79.9. The van der Waals surface area contributed by atoms with Crippen LogP contribution < -0.4 is 0 Å². The molecule has 2 rings (SSSR count). The molecule has 1 amide bonds. The summed E-state index contributed by atoms with van der Waals surface area (Å²) in [6.07, 6.45) is 3.73. The van der Waals surface area contributed by atoms with Crippen LogP contribution in [-0.2, 0) is 11.2 Å². The summed E-state index contributed by atoms with van der Waals surface area (Å²) in [6, 6.07) is 8.12. The van der Waals surface area contributed by atoms with Gasteiger partial charge in [-0.15, -0.1) is 0 Å². The number of β-amino-alcohol motifs (C(OH)–C–C–N with tert-alkyl or cyclic N) is 1. The largest absolute Gasteiger partial charge is 0.391 e. The van der Waals surface area contributed by atoms with E-state index in [0.29, 0.717) is 13.0 Å². The average molecular weight is 326 g/mol. The predicted octanol–water partition coefficient (Wildman–Crippen LogP) is 2.76. The van der Waals surface area contributed by atoms with Crippen molar-refractivity contribution in [1.29, 1.82) is 0 Å². The number of amides is 1. The zero-order valence-electron chi connectivity index (χ0n) is 11.0. The first-order valence-electron chi connectivity index (χ1n) is 6.86. The smallest absolute Gasteiger partial charge is 0.222 e. The highest BCUT2D eigenvalue weighted by Gasteiger charge is 2.21. The van der Waals surface area contributed by atoms with E-state index in [9.17, 15) is 9.90 Å². The molecule has 1 heterocycles. The van der Waals surface area contributed by atoms with Crippen molar-refractivity contribution in [3.8, 4) is 0 Å². The van der Waals surface area contributed by atoms with Gasteiger partial charge in [0.1, 0.15) is 0 Å². The van der Waals surface area contributed by atoms with Crippen LogP contribution in [0.3, 0.4) is 0 Å². The number of hydrogen-bond donors (Lipinski definition) is 1. The van der Waals surface area contributed by atoms with Crippen molar-refractivity contribution < 1.29 is 9.90 Å². The normalized spacial score (nSPS) is 19.5. The van der Waals surface area contributed by atoms with Gasteiger partial charge < -0.3 is 10.0 Å². The average Bonchev–Trinajstić information content (AvgIpc) is 2.41. The number of carbonyl (C=O) groups is 1. The molecule has 1 fully saturated rings. The number of hydrogen-bond acceptors (Lipinski definition) is 2. The summed E-state index contributed by atoms with van der Waals surface area (Å²) in [4.78, 5) is 13.8. The summed E-state index contributed by atoms with van der Waals surface area (Å²) >= 11 is 3.52. The van der Waals surface area contributed by atoms with Gasteiger partial charge in [0.05, 0.1) is 6.10 Å². The van der Waals surface area contributed by atoms with E-state index < -0.39 is 0 Å². The van der Waals surface area contributed by atoms with E-state index in [1.165, 1.54) is 5.56 Å². The molecule has 1 aliphatic heterocycles. The molecule has 0 radical (unpaired) electrons. The van der Waals surface area contributed by atoms with Crippen LogP contribution in [0.25, 0.3) is 0 Å². The van der Waals surface area contributed by atoms with Crippen LogP contribution in [-0.4, -0.2) is 35.1 Å². The monoisotopic (exact) mass is 325 g/mol. The van der Waals surface area contributed by atoms with Gasteiger partial charge in [0, 0.05) is 24.0 Å². The lowest BCUT2D eigenvalue weighted by molar-refractivity contribution is -0.134. The standard InChI is InChI=1S/C15H20BrNO2/c16-14-8-2-1-5-12(14)6-3-9-15(19)17-10-4-7-13(18)11-17/h1-2,5,8,13,18H,3-4,6-7,9-11H2. The minimum absolute atomic E-state index is 0.172. The maximum absolute atomic E-state index is 12.0. The third-order valence-electron chi connectivity index (χ3n) is 3.54. The number of piperidine rings is 1. The van der Waals surface area contributed by atoms with Gasteiger partial charge in [-0.2, -0.15) is 0 Å². The number of halogens is 1. The molecule has 3 nitrogen and oxygen atoms in total. The van der Waals surface area contributed by atoms with Crippen LogP contribution in [0.2, 0.25) is 0 Å². The number of likely N-dealkylation sites (tertiary alicyclic amines) is 1. The van der Waals surface area contributed by atoms with Crippen molar-refractivity contribution in [2.24, 2.45) is 0 Å². The summed E-state index contributed by atoms with van der Waals surface area (Å²) in [5.74, 6) is 0.172. The third-order valence-corrected chi connectivity index (χ3v) is 4.32. The summed E-state index contributed by atoms with van der Waals surface area (Å²) in [5, 5.41) is 9.57. The van der Waals surface area contributed by atoms with Crippen LogP contribution in [0.5, 0.6) is 0 Å². The minimum Gasteiger partial charge on any atom is -0.391 e.